The Hall–Kier alpha value is -3.67. The van der Waals surface area contributed by atoms with Gasteiger partial charge < -0.3 is 4.90 Å². The molecule has 5 nitrogen and oxygen atoms in total. The lowest BCUT2D eigenvalue weighted by Crippen LogP contribution is -2.33. The summed E-state index contributed by atoms with van der Waals surface area (Å²) in [4.78, 5) is 16.7. The van der Waals surface area contributed by atoms with Gasteiger partial charge in [0.25, 0.3) is 0 Å². The minimum absolute atomic E-state index is 0.00271. The molecule has 0 spiro atoms. The molecule has 0 N–H and O–H groups in total. The van der Waals surface area contributed by atoms with Crippen LogP contribution in [0.4, 0.5) is 14.9 Å². The number of amides is 2. The number of fused-ring (bicyclic) bond motifs is 1. The number of carbonyl (C=O) groups excluding carboxylic acids is 1. The number of carbonyl (C=O) groups is 1. The molecule has 1 aliphatic heterocycles. The lowest BCUT2D eigenvalue weighted by Gasteiger charge is -2.19. The highest BCUT2D eigenvalue weighted by Gasteiger charge is 2.30. The largest absolute Gasteiger partial charge is 0.324 e. The molecule has 0 unspecified atom stereocenters. The van der Waals surface area contributed by atoms with Gasteiger partial charge in [0.15, 0.2) is 0 Å². The summed E-state index contributed by atoms with van der Waals surface area (Å²) >= 11 is 0. The van der Waals surface area contributed by atoms with E-state index in [-0.39, 0.29) is 11.8 Å². The molecule has 0 bridgehead atoms. The van der Waals surface area contributed by atoms with Crippen molar-refractivity contribution in [3.8, 4) is 5.69 Å². The summed E-state index contributed by atoms with van der Waals surface area (Å²) < 4.78 is 15.9. The molecule has 6 heteroatoms. The van der Waals surface area contributed by atoms with Crippen LogP contribution >= 0.6 is 0 Å². The van der Waals surface area contributed by atoms with Gasteiger partial charge in [0, 0.05) is 25.0 Å². The lowest BCUT2D eigenvalue weighted by molar-refractivity contribution is 0.221. The van der Waals surface area contributed by atoms with Crippen LogP contribution in [0, 0.1) is 5.82 Å². The lowest BCUT2D eigenvalue weighted by atomic mass is 10.1. The zero-order valence-electron chi connectivity index (χ0n) is 16.4. The van der Waals surface area contributed by atoms with Gasteiger partial charge in [-0.25, -0.2) is 13.9 Å². The maximum absolute atomic E-state index is 14.3. The van der Waals surface area contributed by atoms with Crippen molar-refractivity contribution in [2.45, 2.75) is 6.42 Å². The number of anilines is 1. The number of aromatic nitrogens is 2. The third kappa shape index (κ3) is 3.20. The van der Waals surface area contributed by atoms with Crippen molar-refractivity contribution < 1.29 is 9.18 Å². The highest BCUT2D eigenvalue weighted by Crippen LogP contribution is 2.31. The third-order valence-corrected chi connectivity index (χ3v) is 5.57. The van der Waals surface area contributed by atoms with Crippen LogP contribution in [-0.4, -0.2) is 40.3 Å². The summed E-state index contributed by atoms with van der Waals surface area (Å²) in [5.74, 6) is -0.336. The van der Waals surface area contributed by atoms with Crippen molar-refractivity contribution in [1.29, 1.82) is 0 Å². The second-order valence-electron chi connectivity index (χ2n) is 7.37. The second-order valence-corrected chi connectivity index (χ2v) is 7.37. The molecule has 0 radical (unpaired) electrons. The number of hydrogen-bond donors (Lipinski definition) is 0. The predicted molar refractivity (Wildman–Crippen MR) is 115 cm³/mol. The molecule has 3 aromatic carbocycles. The van der Waals surface area contributed by atoms with E-state index in [2.05, 4.69) is 17.2 Å². The monoisotopic (exact) mass is 400 g/mol. The first kappa shape index (κ1) is 18.4. The number of urea groups is 1. The van der Waals surface area contributed by atoms with Crippen molar-refractivity contribution in [2.75, 3.05) is 24.5 Å². The molecule has 5 rings (SSSR count). The van der Waals surface area contributed by atoms with Crippen LogP contribution in [0.1, 0.15) is 5.56 Å². The fourth-order valence-electron chi connectivity index (χ4n) is 4.01. The molecular formula is C24H21FN4O. The first-order chi connectivity index (χ1) is 14.7. The number of nitrogens with zero attached hydrogens (tertiary/aromatic N) is 4. The van der Waals surface area contributed by atoms with Crippen molar-refractivity contribution in [3.05, 3.63) is 90.4 Å². The van der Waals surface area contributed by atoms with Gasteiger partial charge in [-0.15, -0.1) is 0 Å². The molecule has 1 aromatic heterocycles. The van der Waals surface area contributed by atoms with Crippen LogP contribution in [-0.2, 0) is 6.42 Å². The van der Waals surface area contributed by atoms with Gasteiger partial charge >= 0.3 is 6.03 Å². The quantitative estimate of drug-likeness (QED) is 0.489. The fraction of sp³-hybridized carbons (Fsp3) is 0.167. The molecule has 2 heterocycles. The topological polar surface area (TPSA) is 41.4 Å². The van der Waals surface area contributed by atoms with E-state index in [0.29, 0.717) is 25.3 Å². The van der Waals surface area contributed by atoms with E-state index in [0.717, 1.165) is 23.0 Å². The summed E-state index contributed by atoms with van der Waals surface area (Å²) in [6, 6.07) is 22.4. The Morgan fingerprint density at radius 1 is 0.867 bits per heavy atom. The SMILES string of the molecule is O=C1N(CCc2ccccc2)CCN1c1cccc2c1cnn2-c1ccccc1F. The zero-order valence-corrected chi connectivity index (χ0v) is 16.4. The highest BCUT2D eigenvalue weighted by atomic mass is 19.1. The van der Waals surface area contributed by atoms with Crippen LogP contribution in [0.5, 0.6) is 0 Å². The van der Waals surface area contributed by atoms with Crippen molar-refractivity contribution >= 4 is 22.6 Å². The molecule has 0 saturated carbocycles. The van der Waals surface area contributed by atoms with Gasteiger partial charge in [0.05, 0.1) is 17.4 Å². The fourth-order valence-corrected chi connectivity index (χ4v) is 4.01. The van der Waals surface area contributed by atoms with E-state index in [9.17, 15) is 9.18 Å². The molecule has 4 aromatic rings. The Bertz CT molecular complexity index is 1200. The van der Waals surface area contributed by atoms with Crippen molar-refractivity contribution in [3.63, 3.8) is 0 Å². The van der Waals surface area contributed by atoms with Crippen molar-refractivity contribution in [1.82, 2.24) is 14.7 Å². The maximum atomic E-state index is 14.3. The maximum Gasteiger partial charge on any atom is 0.324 e. The Labute approximate surface area is 174 Å². The van der Waals surface area contributed by atoms with Gasteiger partial charge in [-0.05, 0) is 36.2 Å². The van der Waals surface area contributed by atoms with E-state index in [1.165, 1.54) is 11.6 Å². The molecule has 150 valence electrons. The van der Waals surface area contributed by atoms with Crippen LogP contribution in [0.25, 0.3) is 16.6 Å². The van der Waals surface area contributed by atoms with Crippen LogP contribution in [0.15, 0.2) is 79.0 Å². The molecule has 30 heavy (non-hydrogen) atoms. The van der Waals surface area contributed by atoms with Gasteiger partial charge in [0.1, 0.15) is 11.5 Å². The predicted octanol–water partition coefficient (Wildman–Crippen LogP) is 4.65. The summed E-state index contributed by atoms with van der Waals surface area (Å²) in [5.41, 5.74) is 3.19. The van der Waals surface area contributed by atoms with Gasteiger partial charge in [-0.2, -0.15) is 5.10 Å². The smallest absolute Gasteiger partial charge is 0.322 e. The molecule has 1 fully saturated rings. The first-order valence-electron chi connectivity index (χ1n) is 10.0. The van der Waals surface area contributed by atoms with Gasteiger partial charge in [0.2, 0.25) is 0 Å². The molecule has 1 saturated heterocycles. The molecule has 1 aliphatic rings. The number of benzene rings is 3. The van der Waals surface area contributed by atoms with Crippen molar-refractivity contribution in [2.24, 2.45) is 0 Å². The number of para-hydroxylation sites is 1. The van der Waals surface area contributed by atoms with E-state index in [1.54, 1.807) is 34.0 Å². The second kappa shape index (κ2) is 7.63. The standard InChI is InChI=1S/C24H21FN4O/c25-20-9-4-5-10-23(20)29-22-12-6-11-21(19(22)17-26-29)28-16-15-27(24(28)30)14-13-18-7-2-1-3-8-18/h1-12,17H,13-16H2. The summed E-state index contributed by atoms with van der Waals surface area (Å²) in [7, 11) is 0. The number of halogens is 1. The molecular weight excluding hydrogens is 379 g/mol. The van der Waals surface area contributed by atoms with Gasteiger partial charge in [-0.3, -0.25) is 4.90 Å². The Kier molecular flexibility index (Phi) is 4.67. The Balaban J connectivity index is 1.41. The van der Waals surface area contributed by atoms with Gasteiger partial charge in [-0.1, -0.05) is 48.5 Å². The highest BCUT2D eigenvalue weighted by molar-refractivity contribution is 6.03. The Morgan fingerprint density at radius 3 is 2.47 bits per heavy atom. The number of rotatable bonds is 5. The summed E-state index contributed by atoms with van der Waals surface area (Å²) in [6.07, 6.45) is 2.53. The molecule has 0 atom stereocenters. The molecule has 0 aliphatic carbocycles. The minimum atomic E-state index is -0.336. The van der Waals surface area contributed by atoms with E-state index in [4.69, 9.17) is 0 Å². The first-order valence-corrected chi connectivity index (χ1v) is 10.0. The summed E-state index contributed by atoms with van der Waals surface area (Å²) in [5, 5.41) is 5.24. The normalized spacial score (nSPS) is 14.1. The van der Waals surface area contributed by atoms with E-state index in [1.807, 2.05) is 41.3 Å². The average molecular weight is 400 g/mol. The van der Waals surface area contributed by atoms with Crippen LogP contribution in [0.3, 0.4) is 0 Å². The number of hydrogen-bond acceptors (Lipinski definition) is 2. The third-order valence-electron chi connectivity index (χ3n) is 5.57. The summed E-state index contributed by atoms with van der Waals surface area (Å²) in [6.45, 7) is 1.99. The van der Waals surface area contributed by atoms with E-state index < -0.39 is 0 Å². The average Bonchev–Trinajstić information content (AvgIpc) is 3.37. The molecule has 2 amide bonds. The van der Waals surface area contributed by atoms with Crippen LogP contribution in [0.2, 0.25) is 0 Å². The zero-order chi connectivity index (χ0) is 20.5. The van der Waals surface area contributed by atoms with Crippen LogP contribution < -0.4 is 4.90 Å². The minimum Gasteiger partial charge on any atom is -0.322 e. The van der Waals surface area contributed by atoms with E-state index >= 15 is 0 Å². The Morgan fingerprint density at radius 2 is 1.63 bits per heavy atom.